The number of nitrogens with one attached hydrogen (secondary N) is 2. The molecule has 0 saturated carbocycles. The number of nitrogens with zero attached hydrogens (tertiary/aromatic N) is 1. The van der Waals surface area contributed by atoms with Gasteiger partial charge in [-0.25, -0.2) is 8.78 Å². The van der Waals surface area contributed by atoms with Gasteiger partial charge in [-0.3, -0.25) is 4.79 Å². The molecule has 1 saturated heterocycles. The second-order valence-electron chi connectivity index (χ2n) is 11.4. The maximum absolute atomic E-state index is 15.8. The molecule has 1 amide bonds. The molecule has 1 aliphatic heterocycles. The lowest BCUT2D eigenvalue weighted by atomic mass is 9.62. The molecule has 0 radical (unpaired) electrons. The first kappa shape index (κ1) is 29.8. The van der Waals surface area contributed by atoms with Crippen LogP contribution in [0.15, 0.2) is 54.6 Å². The van der Waals surface area contributed by atoms with Crippen LogP contribution < -0.4 is 15.4 Å². The lowest BCUT2D eigenvalue weighted by molar-refractivity contribution is -0.118. The first-order valence-electron chi connectivity index (χ1n) is 12.8. The number of methoxy groups -OCH3 is 1. The van der Waals surface area contributed by atoms with Crippen molar-refractivity contribution in [3.63, 3.8) is 0 Å². The smallest absolute Gasteiger partial charge is 0.242 e. The maximum atomic E-state index is 15.8. The molecule has 0 bridgehead atoms. The summed E-state index contributed by atoms with van der Waals surface area (Å²) < 4.78 is 36.9. The standard InChI is InChI=1S/C31H31Cl2F2N3O2/c1-17-9-12-23(24(13-17)40-5)37-29(39)28-26(19-7-6-8-21(33)27(19)35)31(16-36,25(38-28)15-30(2,3)4)20-11-10-18(32)14-22(20)34/h6-14,25-26,28,38H,15H2,1-5H3,(H,37,39)/t25-,26?,28?,31-/m0/s1. The Morgan fingerprint density at radius 3 is 2.50 bits per heavy atom. The zero-order valence-electron chi connectivity index (χ0n) is 22.9. The SMILES string of the molecule is COc1cc(C)ccc1NC(=O)C1N[C@@H](CC(C)(C)C)[C@](C#N)(c2ccc(Cl)cc2F)C1c1cccc(Cl)c1F. The average molecular weight is 587 g/mol. The monoisotopic (exact) mass is 585 g/mol. The Morgan fingerprint density at radius 1 is 1.15 bits per heavy atom. The number of carbonyl (C=O) groups excluding carboxylic acids is 1. The number of hydrogen-bond donors (Lipinski definition) is 2. The second kappa shape index (κ2) is 11.4. The van der Waals surface area contributed by atoms with Gasteiger partial charge >= 0.3 is 0 Å². The summed E-state index contributed by atoms with van der Waals surface area (Å²) in [6, 6.07) is 14.2. The zero-order chi connectivity index (χ0) is 29.4. The molecule has 0 spiro atoms. The van der Waals surface area contributed by atoms with Gasteiger partial charge in [0.25, 0.3) is 0 Å². The predicted molar refractivity (Wildman–Crippen MR) is 154 cm³/mol. The van der Waals surface area contributed by atoms with Gasteiger partial charge < -0.3 is 15.4 Å². The summed E-state index contributed by atoms with van der Waals surface area (Å²) in [6.45, 7) is 7.83. The number of nitriles is 1. The van der Waals surface area contributed by atoms with Crippen molar-refractivity contribution in [1.82, 2.24) is 5.32 Å². The molecule has 4 rings (SSSR count). The van der Waals surface area contributed by atoms with Gasteiger partial charge in [0.1, 0.15) is 22.8 Å². The highest BCUT2D eigenvalue weighted by Gasteiger charge is 2.61. The van der Waals surface area contributed by atoms with Crippen LogP contribution >= 0.6 is 23.2 Å². The molecule has 210 valence electrons. The number of hydrogen-bond acceptors (Lipinski definition) is 4. The molecule has 5 nitrogen and oxygen atoms in total. The summed E-state index contributed by atoms with van der Waals surface area (Å²) in [6.07, 6.45) is 0.374. The van der Waals surface area contributed by atoms with Crippen LogP contribution in [0.2, 0.25) is 10.0 Å². The number of anilines is 1. The fourth-order valence-electron chi connectivity index (χ4n) is 5.67. The van der Waals surface area contributed by atoms with Crippen molar-refractivity contribution in [3.8, 4) is 11.8 Å². The van der Waals surface area contributed by atoms with Crippen molar-refractivity contribution in [2.75, 3.05) is 12.4 Å². The fraction of sp³-hybridized carbons (Fsp3) is 0.355. The molecule has 1 aliphatic rings. The van der Waals surface area contributed by atoms with E-state index < -0.39 is 41.0 Å². The van der Waals surface area contributed by atoms with Gasteiger partial charge in [0, 0.05) is 22.5 Å². The van der Waals surface area contributed by atoms with E-state index in [0.29, 0.717) is 17.9 Å². The Hall–Kier alpha value is -3.18. The summed E-state index contributed by atoms with van der Waals surface area (Å²) in [5.74, 6) is -2.73. The van der Waals surface area contributed by atoms with E-state index in [1.54, 1.807) is 18.2 Å². The van der Waals surface area contributed by atoms with Gasteiger partial charge in [-0.15, -0.1) is 0 Å². The molecular formula is C31H31Cl2F2N3O2. The van der Waals surface area contributed by atoms with Gasteiger partial charge in [-0.2, -0.15) is 5.26 Å². The van der Waals surface area contributed by atoms with Crippen molar-refractivity contribution < 1.29 is 18.3 Å². The van der Waals surface area contributed by atoms with Crippen molar-refractivity contribution >= 4 is 34.8 Å². The number of rotatable bonds is 6. The Labute approximate surface area is 243 Å². The Bertz CT molecular complexity index is 1480. The molecule has 40 heavy (non-hydrogen) atoms. The number of ether oxygens (including phenoxy) is 1. The first-order valence-corrected chi connectivity index (χ1v) is 13.6. The molecule has 0 aliphatic carbocycles. The summed E-state index contributed by atoms with van der Waals surface area (Å²) >= 11 is 12.3. The molecule has 3 aromatic rings. The van der Waals surface area contributed by atoms with Gasteiger partial charge in [0.05, 0.1) is 29.9 Å². The first-order chi connectivity index (χ1) is 18.8. The average Bonchev–Trinajstić information content (AvgIpc) is 3.19. The van der Waals surface area contributed by atoms with E-state index in [1.807, 2.05) is 33.8 Å². The van der Waals surface area contributed by atoms with Gasteiger partial charge in [-0.05, 0) is 60.2 Å². The number of amides is 1. The normalized spacial score (nSPS) is 22.6. The quantitative estimate of drug-likeness (QED) is 0.313. The third kappa shape index (κ3) is 5.54. The van der Waals surface area contributed by atoms with Crippen LogP contribution in [-0.4, -0.2) is 25.1 Å². The van der Waals surface area contributed by atoms with Crippen LogP contribution in [-0.2, 0) is 10.2 Å². The van der Waals surface area contributed by atoms with E-state index in [0.717, 1.165) is 11.6 Å². The number of aryl methyl sites for hydroxylation is 1. The van der Waals surface area contributed by atoms with Crippen molar-refractivity contribution in [2.24, 2.45) is 5.41 Å². The van der Waals surface area contributed by atoms with E-state index >= 15 is 8.78 Å². The molecular weight excluding hydrogens is 555 g/mol. The summed E-state index contributed by atoms with van der Waals surface area (Å²) in [7, 11) is 1.49. The van der Waals surface area contributed by atoms with Crippen molar-refractivity contribution in [2.45, 2.75) is 57.5 Å². The van der Waals surface area contributed by atoms with E-state index in [4.69, 9.17) is 27.9 Å². The zero-order valence-corrected chi connectivity index (χ0v) is 24.4. The third-order valence-corrected chi connectivity index (χ3v) is 7.87. The number of carbonyl (C=O) groups is 1. The largest absolute Gasteiger partial charge is 0.495 e. The highest BCUT2D eigenvalue weighted by Crippen LogP contribution is 2.53. The Kier molecular flexibility index (Phi) is 8.46. The molecule has 2 N–H and O–H groups in total. The molecule has 1 fully saturated rings. The van der Waals surface area contributed by atoms with Gasteiger partial charge in [-0.1, -0.05) is 68.2 Å². The van der Waals surface area contributed by atoms with E-state index in [2.05, 4.69) is 16.7 Å². The molecule has 9 heteroatoms. The van der Waals surface area contributed by atoms with Crippen LogP contribution in [0.25, 0.3) is 0 Å². The van der Waals surface area contributed by atoms with Gasteiger partial charge in [0.2, 0.25) is 5.91 Å². The predicted octanol–water partition coefficient (Wildman–Crippen LogP) is 7.55. The highest BCUT2D eigenvalue weighted by molar-refractivity contribution is 6.31. The van der Waals surface area contributed by atoms with E-state index in [9.17, 15) is 10.1 Å². The van der Waals surface area contributed by atoms with Crippen LogP contribution in [0.5, 0.6) is 5.75 Å². The van der Waals surface area contributed by atoms with Crippen LogP contribution in [0.1, 0.15) is 49.8 Å². The summed E-state index contributed by atoms with van der Waals surface area (Å²) in [5, 5.41) is 17.1. The van der Waals surface area contributed by atoms with Crippen molar-refractivity contribution in [1.29, 1.82) is 5.26 Å². The second-order valence-corrected chi connectivity index (χ2v) is 12.2. The minimum Gasteiger partial charge on any atom is -0.495 e. The molecule has 4 atom stereocenters. The van der Waals surface area contributed by atoms with Crippen LogP contribution in [0.3, 0.4) is 0 Å². The number of halogens is 4. The van der Waals surface area contributed by atoms with Crippen LogP contribution in [0.4, 0.5) is 14.5 Å². The molecule has 2 unspecified atom stereocenters. The molecule has 1 heterocycles. The summed E-state index contributed by atoms with van der Waals surface area (Å²) in [5.41, 5.74) is -0.653. The Balaban J connectivity index is 1.96. The Morgan fingerprint density at radius 2 is 1.88 bits per heavy atom. The molecule has 3 aromatic carbocycles. The molecule has 0 aromatic heterocycles. The minimum absolute atomic E-state index is 0.0220. The summed E-state index contributed by atoms with van der Waals surface area (Å²) in [4.78, 5) is 14.0. The van der Waals surface area contributed by atoms with Gasteiger partial charge in [0.15, 0.2) is 0 Å². The lowest BCUT2D eigenvalue weighted by Gasteiger charge is -2.37. The highest BCUT2D eigenvalue weighted by atomic mass is 35.5. The van der Waals surface area contributed by atoms with Crippen molar-refractivity contribution in [3.05, 3.63) is 93.0 Å². The van der Waals surface area contributed by atoms with E-state index in [1.165, 1.54) is 31.4 Å². The maximum Gasteiger partial charge on any atom is 0.242 e. The number of benzene rings is 3. The third-order valence-electron chi connectivity index (χ3n) is 7.35. The minimum atomic E-state index is -1.70. The van der Waals surface area contributed by atoms with Crippen LogP contribution in [0, 0.1) is 35.3 Å². The topological polar surface area (TPSA) is 74.2 Å². The fourth-order valence-corrected chi connectivity index (χ4v) is 6.01. The van der Waals surface area contributed by atoms with E-state index in [-0.39, 0.29) is 26.6 Å². The lowest BCUT2D eigenvalue weighted by Crippen LogP contribution is -2.45.